The Morgan fingerprint density at radius 3 is 1.66 bits per heavy atom. The van der Waals surface area contributed by atoms with Crippen LogP contribution in [0.15, 0.2) is 84.6 Å². The minimum absolute atomic E-state index is 0.150. The molecule has 0 saturated carbocycles. The SMILES string of the molecule is NC(=Cc1ccccc1O)C(N)C=Cc1ccccc1O.Nc1ccc(N)cc1. The minimum Gasteiger partial charge on any atom is -0.507 e. The molecular formula is C23H26N4O2. The normalized spacial score (nSPS) is 12.2. The Labute approximate surface area is 170 Å². The highest BCUT2D eigenvalue weighted by atomic mass is 16.3. The molecule has 0 saturated heterocycles. The summed E-state index contributed by atoms with van der Waals surface area (Å²) in [6, 6.07) is 20.4. The zero-order valence-corrected chi connectivity index (χ0v) is 15.9. The molecule has 1 unspecified atom stereocenters. The van der Waals surface area contributed by atoms with Crippen LogP contribution >= 0.6 is 0 Å². The molecule has 6 heteroatoms. The summed E-state index contributed by atoms with van der Waals surface area (Å²) in [5.74, 6) is 0.335. The number of rotatable bonds is 4. The largest absolute Gasteiger partial charge is 0.507 e. The Balaban J connectivity index is 0.000000313. The second kappa shape index (κ2) is 10.4. The van der Waals surface area contributed by atoms with Crippen molar-refractivity contribution in [3.05, 3.63) is 95.7 Å². The van der Waals surface area contributed by atoms with Crippen molar-refractivity contribution in [1.82, 2.24) is 0 Å². The van der Waals surface area contributed by atoms with E-state index in [1.54, 1.807) is 78.9 Å². The lowest BCUT2D eigenvalue weighted by molar-refractivity contribution is 0.473. The van der Waals surface area contributed by atoms with E-state index in [0.29, 0.717) is 16.8 Å². The van der Waals surface area contributed by atoms with Crippen LogP contribution in [0.25, 0.3) is 12.2 Å². The van der Waals surface area contributed by atoms with E-state index >= 15 is 0 Å². The first-order valence-corrected chi connectivity index (χ1v) is 8.94. The first kappa shape index (κ1) is 21.4. The van der Waals surface area contributed by atoms with E-state index in [1.165, 1.54) is 0 Å². The van der Waals surface area contributed by atoms with Crippen LogP contribution in [0.5, 0.6) is 11.5 Å². The Kier molecular flexibility index (Phi) is 7.70. The third kappa shape index (κ3) is 6.97. The van der Waals surface area contributed by atoms with Crippen LogP contribution in [-0.4, -0.2) is 16.3 Å². The summed E-state index contributed by atoms with van der Waals surface area (Å²) in [5.41, 5.74) is 25.8. The summed E-state index contributed by atoms with van der Waals surface area (Å²) >= 11 is 0. The predicted octanol–water partition coefficient (Wildman–Crippen LogP) is 3.29. The number of phenols is 2. The number of nitrogen functional groups attached to an aromatic ring is 2. The van der Waals surface area contributed by atoms with Crippen molar-refractivity contribution in [3.63, 3.8) is 0 Å². The maximum atomic E-state index is 9.69. The topological polar surface area (TPSA) is 145 Å². The zero-order valence-electron chi connectivity index (χ0n) is 15.9. The van der Waals surface area contributed by atoms with E-state index in [4.69, 9.17) is 22.9 Å². The molecule has 3 aromatic carbocycles. The average molecular weight is 390 g/mol. The van der Waals surface area contributed by atoms with Gasteiger partial charge in [-0.05, 0) is 42.5 Å². The van der Waals surface area contributed by atoms with Gasteiger partial charge in [0.1, 0.15) is 11.5 Å². The fraction of sp³-hybridized carbons (Fsp3) is 0.0435. The number of benzene rings is 3. The van der Waals surface area contributed by atoms with E-state index in [9.17, 15) is 10.2 Å². The number of hydrogen-bond acceptors (Lipinski definition) is 6. The molecule has 6 nitrogen and oxygen atoms in total. The molecular weight excluding hydrogens is 364 g/mol. The standard InChI is InChI=1S/C17H18N2O2.C6H8N2/c18-14(10-9-12-5-1-3-7-16(12)20)15(19)11-13-6-2-4-8-17(13)21;7-5-1-2-6(8)4-3-5/h1-11,14,20-21H,18-19H2;1-4H,7-8H2. The number of phenolic OH excluding ortho intramolecular Hbond substituents is 2. The zero-order chi connectivity index (χ0) is 21.2. The van der Waals surface area contributed by atoms with E-state index in [-0.39, 0.29) is 11.5 Å². The van der Waals surface area contributed by atoms with Crippen LogP contribution in [0.2, 0.25) is 0 Å². The highest BCUT2D eigenvalue weighted by Gasteiger charge is 2.04. The van der Waals surface area contributed by atoms with Gasteiger partial charge < -0.3 is 33.1 Å². The molecule has 0 aliphatic carbocycles. The second-order valence-corrected chi connectivity index (χ2v) is 6.31. The molecule has 0 heterocycles. The van der Waals surface area contributed by atoms with Crippen LogP contribution in [0, 0.1) is 0 Å². The molecule has 0 aromatic heterocycles. The smallest absolute Gasteiger partial charge is 0.122 e. The fourth-order valence-electron chi connectivity index (χ4n) is 2.33. The van der Waals surface area contributed by atoms with E-state index < -0.39 is 6.04 Å². The third-order valence-electron chi connectivity index (χ3n) is 4.00. The van der Waals surface area contributed by atoms with Crippen molar-refractivity contribution in [3.8, 4) is 11.5 Å². The van der Waals surface area contributed by atoms with Gasteiger partial charge in [0.15, 0.2) is 0 Å². The van der Waals surface area contributed by atoms with Crippen molar-refractivity contribution in [2.45, 2.75) is 6.04 Å². The highest BCUT2D eigenvalue weighted by Crippen LogP contribution is 2.20. The van der Waals surface area contributed by atoms with E-state index in [2.05, 4.69) is 0 Å². The molecule has 0 aliphatic heterocycles. The van der Waals surface area contributed by atoms with Crippen LogP contribution in [-0.2, 0) is 0 Å². The third-order valence-corrected chi connectivity index (χ3v) is 4.00. The lowest BCUT2D eigenvalue weighted by atomic mass is 10.1. The molecule has 150 valence electrons. The highest BCUT2D eigenvalue weighted by molar-refractivity contribution is 5.62. The molecule has 10 N–H and O–H groups in total. The monoisotopic (exact) mass is 390 g/mol. The second-order valence-electron chi connectivity index (χ2n) is 6.31. The van der Waals surface area contributed by atoms with Crippen LogP contribution in [0.1, 0.15) is 11.1 Å². The van der Waals surface area contributed by atoms with E-state index in [0.717, 1.165) is 11.4 Å². The maximum Gasteiger partial charge on any atom is 0.122 e. The first-order chi connectivity index (χ1) is 13.9. The van der Waals surface area contributed by atoms with Gasteiger partial charge in [-0.1, -0.05) is 48.6 Å². The molecule has 3 rings (SSSR count). The lowest BCUT2D eigenvalue weighted by Gasteiger charge is -2.08. The van der Waals surface area contributed by atoms with Crippen molar-refractivity contribution in [2.24, 2.45) is 11.5 Å². The van der Waals surface area contributed by atoms with Crippen LogP contribution in [0.4, 0.5) is 11.4 Å². The fourth-order valence-corrected chi connectivity index (χ4v) is 2.33. The minimum atomic E-state index is -0.510. The summed E-state index contributed by atoms with van der Waals surface area (Å²) in [4.78, 5) is 0. The number of aromatic hydroxyl groups is 2. The van der Waals surface area contributed by atoms with Gasteiger partial charge in [0, 0.05) is 28.2 Å². The van der Waals surface area contributed by atoms with Gasteiger partial charge in [-0.2, -0.15) is 0 Å². The van der Waals surface area contributed by atoms with Gasteiger partial charge >= 0.3 is 0 Å². The van der Waals surface area contributed by atoms with Crippen LogP contribution in [0.3, 0.4) is 0 Å². The van der Waals surface area contributed by atoms with Gasteiger partial charge in [-0.3, -0.25) is 0 Å². The van der Waals surface area contributed by atoms with Crippen molar-refractivity contribution >= 4 is 23.5 Å². The lowest BCUT2D eigenvalue weighted by Crippen LogP contribution is -2.24. The summed E-state index contributed by atoms with van der Waals surface area (Å²) in [5, 5.41) is 19.4. The Bertz CT molecular complexity index is 961. The Hall–Kier alpha value is -3.90. The molecule has 3 aromatic rings. The summed E-state index contributed by atoms with van der Waals surface area (Å²) in [7, 11) is 0. The molecule has 0 radical (unpaired) electrons. The molecule has 0 spiro atoms. The molecule has 1 atom stereocenters. The Morgan fingerprint density at radius 1 is 0.724 bits per heavy atom. The summed E-state index contributed by atoms with van der Waals surface area (Å²) in [6.07, 6.45) is 5.04. The van der Waals surface area contributed by atoms with E-state index in [1.807, 2.05) is 12.1 Å². The van der Waals surface area contributed by atoms with Gasteiger partial charge in [-0.15, -0.1) is 0 Å². The summed E-state index contributed by atoms with van der Waals surface area (Å²) in [6.45, 7) is 0. The molecule has 0 fully saturated rings. The summed E-state index contributed by atoms with van der Waals surface area (Å²) < 4.78 is 0. The van der Waals surface area contributed by atoms with Gasteiger partial charge in [-0.25, -0.2) is 0 Å². The van der Waals surface area contributed by atoms with Crippen molar-refractivity contribution in [1.29, 1.82) is 0 Å². The van der Waals surface area contributed by atoms with Crippen LogP contribution < -0.4 is 22.9 Å². The number of hydrogen-bond donors (Lipinski definition) is 6. The average Bonchev–Trinajstić information content (AvgIpc) is 2.71. The van der Waals surface area contributed by atoms with Crippen molar-refractivity contribution < 1.29 is 10.2 Å². The van der Waals surface area contributed by atoms with Gasteiger partial charge in [0.25, 0.3) is 0 Å². The van der Waals surface area contributed by atoms with Gasteiger partial charge in [0.05, 0.1) is 6.04 Å². The predicted molar refractivity (Wildman–Crippen MR) is 121 cm³/mol. The van der Waals surface area contributed by atoms with Crippen molar-refractivity contribution in [2.75, 3.05) is 11.5 Å². The van der Waals surface area contributed by atoms with Gasteiger partial charge in [0.2, 0.25) is 0 Å². The molecule has 0 amide bonds. The first-order valence-electron chi connectivity index (χ1n) is 8.94. The molecule has 0 bridgehead atoms. The molecule has 0 aliphatic rings. The Morgan fingerprint density at radius 2 is 1.17 bits per heavy atom. The number of nitrogens with two attached hydrogens (primary N) is 4. The maximum absolute atomic E-state index is 9.69. The number of anilines is 2. The quantitative estimate of drug-likeness (QED) is 0.377. The molecule has 29 heavy (non-hydrogen) atoms. The number of para-hydroxylation sites is 2.